The monoisotopic (exact) mass is 307 g/mol. The van der Waals surface area contributed by atoms with Crippen LogP contribution in [0.1, 0.15) is 38.5 Å². The normalized spacial score (nSPS) is 24.6. The van der Waals surface area contributed by atoms with Crippen molar-refractivity contribution in [2.24, 2.45) is 5.41 Å². The number of hydrogen-bond donors (Lipinski definition) is 0. The van der Waals surface area contributed by atoms with E-state index in [0.29, 0.717) is 39.0 Å². The van der Waals surface area contributed by atoms with Crippen molar-refractivity contribution in [1.82, 2.24) is 14.7 Å². The van der Waals surface area contributed by atoms with E-state index in [1.807, 2.05) is 4.90 Å². The third-order valence-electron chi connectivity index (χ3n) is 5.21. The van der Waals surface area contributed by atoms with Gasteiger partial charge in [0.25, 0.3) is 0 Å². The van der Waals surface area contributed by atoms with Gasteiger partial charge in [-0.15, -0.1) is 0 Å². The molecule has 2 heterocycles. The van der Waals surface area contributed by atoms with Crippen LogP contribution in [0.25, 0.3) is 0 Å². The number of rotatable bonds is 3. The molecule has 1 saturated carbocycles. The van der Waals surface area contributed by atoms with E-state index in [0.717, 1.165) is 32.3 Å². The highest BCUT2D eigenvalue weighted by molar-refractivity contribution is 6.07. The minimum Gasteiger partial charge on any atom is -0.342 e. The lowest BCUT2D eigenvalue weighted by atomic mass is 10.0. The fourth-order valence-electron chi connectivity index (χ4n) is 3.55. The van der Waals surface area contributed by atoms with Crippen molar-refractivity contribution in [2.75, 3.05) is 39.3 Å². The first-order chi connectivity index (χ1) is 10.7. The summed E-state index contributed by atoms with van der Waals surface area (Å²) in [7, 11) is 0. The zero-order valence-corrected chi connectivity index (χ0v) is 13.1. The number of amides is 3. The largest absolute Gasteiger partial charge is 0.342 e. The van der Waals surface area contributed by atoms with Gasteiger partial charge in [-0.2, -0.15) is 0 Å². The molecule has 3 rings (SSSR count). The molecule has 6 nitrogen and oxygen atoms in total. The predicted octanol–water partition coefficient (Wildman–Crippen LogP) is 0.470. The Morgan fingerprint density at radius 2 is 1.23 bits per heavy atom. The van der Waals surface area contributed by atoms with E-state index in [-0.39, 0.29) is 11.8 Å². The van der Waals surface area contributed by atoms with Crippen LogP contribution in [0.4, 0.5) is 0 Å². The first-order valence-corrected chi connectivity index (χ1v) is 8.45. The van der Waals surface area contributed by atoms with E-state index in [1.54, 1.807) is 9.80 Å². The summed E-state index contributed by atoms with van der Waals surface area (Å²) in [5, 5.41) is 0. The van der Waals surface area contributed by atoms with Crippen LogP contribution < -0.4 is 0 Å². The quantitative estimate of drug-likeness (QED) is 0.562. The van der Waals surface area contributed by atoms with Gasteiger partial charge >= 0.3 is 0 Å². The van der Waals surface area contributed by atoms with Crippen molar-refractivity contribution in [3.05, 3.63) is 0 Å². The molecule has 3 fully saturated rings. The van der Waals surface area contributed by atoms with Gasteiger partial charge in [-0.3, -0.25) is 14.4 Å². The summed E-state index contributed by atoms with van der Waals surface area (Å²) in [4.78, 5) is 41.8. The molecule has 0 unspecified atom stereocenters. The third kappa shape index (κ3) is 2.83. The second-order valence-corrected chi connectivity index (χ2v) is 6.72. The Hall–Kier alpha value is -1.59. The van der Waals surface area contributed by atoms with Crippen molar-refractivity contribution in [1.29, 1.82) is 0 Å². The van der Waals surface area contributed by atoms with Crippen LogP contribution in [0.15, 0.2) is 0 Å². The molecule has 0 aromatic carbocycles. The predicted molar refractivity (Wildman–Crippen MR) is 80.9 cm³/mol. The van der Waals surface area contributed by atoms with Gasteiger partial charge in [0.1, 0.15) is 5.41 Å². The Morgan fingerprint density at radius 1 is 0.727 bits per heavy atom. The molecule has 122 valence electrons. The van der Waals surface area contributed by atoms with Crippen molar-refractivity contribution < 1.29 is 14.4 Å². The SMILES string of the molecule is O=CN1CCN(C(=O)C2(C(=O)N3CCCCCC3)CC2)CC1. The Morgan fingerprint density at radius 3 is 1.68 bits per heavy atom. The molecule has 0 radical (unpaired) electrons. The van der Waals surface area contributed by atoms with Crippen LogP contribution in [0, 0.1) is 5.41 Å². The minimum absolute atomic E-state index is 0.00713. The minimum atomic E-state index is -0.770. The zero-order valence-electron chi connectivity index (χ0n) is 13.1. The van der Waals surface area contributed by atoms with Crippen molar-refractivity contribution in [2.45, 2.75) is 38.5 Å². The van der Waals surface area contributed by atoms with Crippen molar-refractivity contribution in [3.8, 4) is 0 Å². The Balaban J connectivity index is 1.63. The number of carbonyl (C=O) groups excluding carboxylic acids is 3. The molecule has 22 heavy (non-hydrogen) atoms. The molecule has 0 N–H and O–H groups in total. The number of nitrogens with zero attached hydrogens (tertiary/aromatic N) is 3. The maximum Gasteiger partial charge on any atom is 0.238 e. The molecule has 3 amide bonds. The lowest BCUT2D eigenvalue weighted by molar-refractivity contribution is -0.151. The number of piperazine rings is 1. The van der Waals surface area contributed by atoms with Crippen LogP contribution >= 0.6 is 0 Å². The van der Waals surface area contributed by atoms with E-state index < -0.39 is 5.41 Å². The smallest absolute Gasteiger partial charge is 0.238 e. The van der Waals surface area contributed by atoms with Crippen LogP contribution in [-0.2, 0) is 14.4 Å². The summed E-state index contributed by atoms with van der Waals surface area (Å²) in [5.74, 6) is 0.0458. The van der Waals surface area contributed by atoms with E-state index in [2.05, 4.69) is 0 Å². The van der Waals surface area contributed by atoms with E-state index >= 15 is 0 Å². The van der Waals surface area contributed by atoms with Gasteiger partial charge < -0.3 is 14.7 Å². The van der Waals surface area contributed by atoms with Gasteiger partial charge in [-0.25, -0.2) is 0 Å². The van der Waals surface area contributed by atoms with Gasteiger partial charge in [-0.05, 0) is 25.7 Å². The number of carbonyl (C=O) groups is 3. The van der Waals surface area contributed by atoms with Gasteiger partial charge in [0.15, 0.2) is 0 Å². The lowest BCUT2D eigenvalue weighted by Gasteiger charge is -2.35. The number of hydrogen-bond acceptors (Lipinski definition) is 3. The topological polar surface area (TPSA) is 60.9 Å². The van der Waals surface area contributed by atoms with Crippen LogP contribution in [0.5, 0.6) is 0 Å². The molecule has 2 saturated heterocycles. The highest BCUT2D eigenvalue weighted by atomic mass is 16.2. The molecule has 0 spiro atoms. The lowest BCUT2D eigenvalue weighted by Crippen LogP contribution is -2.53. The van der Waals surface area contributed by atoms with E-state index in [1.165, 1.54) is 12.8 Å². The third-order valence-corrected chi connectivity index (χ3v) is 5.21. The van der Waals surface area contributed by atoms with Gasteiger partial charge in [0, 0.05) is 39.3 Å². The summed E-state index contributed by atoms with van der Waals surface area (Å²) in [6, 6.07) is 0. The van der Waals surface area contributed by atoms with Crippen molar-refractivity contribution >= 4 is 18.2 Å². The molecular formula is C16H25N3O3. The maximum absolute atomic E-state index is 12.9. The first-order valence-electron chi connectivity index (χ1n) is 8.45. The highest BCUT2D eigenvalue weighted by Crippen LogP contribution is 2.49. The van der Waals surface area contributed by atoms with Crippen LogP contribution in [0.2, 0.25) is 0 Å². The van der Waals surface area contributed by atoms with Gasteiger partial charge in [0.2, 0.25) is 18.2 Å². The zero-order chi connectivity index (χ0) is 15.6. The summed E-state index contributed by atoms with van der Waals surface area (Å²) in [6.45, 7) is 3.84. The molecule has 2 aliphatic heterocycles. The molecule has 0 aromatic rings. The Kier molecular flexibility index (Phi) is 4.36. The maximum atomic E-state index is 12.9. The molecule has 0 bridgehead atoms. The second kappa shape index (κ2) is 6.26. The molecule has 0 atom stereocenters. The standard InChI is InChI=1S/C16H25N3O3/c20-13-17-9-11-19(12-10-17)15(22)16(5-6-16)14(21)18-7-3-1-2-4-8-18/h13H,1-12H2. The van der Waals surface area contributed by atoms with E-state index in [9.17, 15) is 14.4 Å². The fourth-order valence-corrected chi connectivity index (χ4v) is 3.55. The number of likely N-dealkylation sites (tertiary alicyclic amines) is 1. The second-order valence-electron chi connectivity index (χ2n) is 6.72. The summed E-state index contributed by atoms with van der Waals surface area (Å²) >= 11 is 0. The highest BCUT2D eigenvalue weighted by Gasteiger charge is 2.59. The van der Waals surface area contributed by atoms with Crippen molar-refractivity contribution in [3.63, 3.8) is 0 Å². The Bertz CT molecular complexity index is 446. The molecular weight excluding hydrogens is 282 g/mol. The van der Waals surface area contributed by atoms with Gasteiger partial charge in [-0.1, -0.05) is 12.8 Å². The van der Waals surface area contributed by atoms with E-state index in [4.69, 9.17) is 0 Å². The molecule has 1 aliphatic carbocycles. The summed E-state index contributed by atoms with van der Waals surface area (Å²) in [5.41, 5.74) is -0.770. The molecule has 3 aliphatic rings. The molecule has 6 heteroatoms. The molecule has 0 aromatic heterocycles. The Labute approximate surface area is 131 Å². The average molecular weight is 307 g/mol. The average Bonchev–Trinajstić information content (AvgIpc) is 3.38. The summed E-state index contributed by atoms with van der Waals surface area (Å²) < 4.78 is 0. The van der Waals surface area contributed by atoms with Crippen LogP contribution in [-0.4, -0.2) is 72.2 Å². The first kappa shape index (κ1) is 15.3. The summed E-state index contributed by atoms with van der Waals surface area (Å²) in [6.07, 6.45) is 6.67. The van der Waals surface area contributed by atoms with Crippen LogP contribution in [0.3, 0.4) is 0 Å². The van der Waals surface area contributed by atoms with Gasteiger partial charge in [0.05, 0.1) is 0 Å². The fraction of sp³-hybridized carbons (Fsp3) is 0.812.